The fourth-order valence-corrected chi connectivity index (χ4v) is 0.886. The highest BCUT2D eigenvalue weighted by Gasteiger charge is 2.16. The molecule has 0 saturated heterocycles. The van der Waals surface area contributed by atoms with E-state index in [-0.39, 0.29) is 5.57 Å². The van der Waals surface area contributed by atoms with Gasteiger partial charge in [-0.15, -0.1) is 0 Å². The standard InChI is InChI=1S/C10H7N3O3/c1-7(8-3-2-4-12-5-8)10(15)16-9(14)6-13-11/h2-6H,1H2. The van der Waals surface area contributed by atoms with Crippen molar-refractivity contribution in [2.24, 2.45) is 0 Å². The molecule has 1 heterocycles. The summed E-state index contributed by atoms with van der Waals surface area (Å²) in [5.41, 5.74) is 8.47. The number of carbonyl (C=O) groups is 2. The van der Waals surface area contributed by atoms with E-state index in [4.69, 9.17) is 5.53 Å². The van der Waals surface area contributed by atoms with Gasteiger partial charge in [-0.05, 0) is 6.07 Å². The monoisotopic (exact) mass is 217 g/mol. The summed E-state index contributed by atoms with van der Waals surface area (Å²) in [6.45, 7) is 3.46. The third-order valence-electron chi connectivity index (χ3n) is 1.61. The highest BCUT2D eigenvalue weighted by Crippen LogP contribution is 2.11. The Hall–Kier alpha value is -2.59. The van der Waals surface area contributed by atoms with Gasteiger partial charge in [-0.25, -0.2) is 9.59 Å². The molecule has 0 amide bonds. The molecule has 0 spiro atoms. The summed E-state index contributed by atoms with van der Waals surface area (Å²) >= 11 is 0. The first-order valence-electron chi connectivity index (χ1n) is 4.18. The molecule has 6 nitrogen and oxygen atoms in total. The molecule has 80 valence electrons. The third-order valence-corrected chi connectivity index (χ3v) is 1.61. The van der Waals surface area contributed by atoms with Crippen molar-refractivity contribution >= 4 is 23.7 Å². The first kappa shape index (κ1) is 11.5. The van der Waals surface area contributed by atoms with Gasteiger partial charge in [0.1, 0.15) is 0 Å². The van der Waals surface area contributed by atoms with Gasteiger partial charge >= 0.3 is 18.2 Å². The van der Waals surface area contributed by atoms with Crippen LogP contribution < -0.4 is 0 Å². The van der Waals surface area contributed by atoms with E-state index >= 15 is 0 Å². The summed E-state index contributed by atoms with van der Waals surface area (Å²) in [4.78, 5) is 28.3. The molecule has 6 heteroatoms. The molecule has 0 aliphatic heterocycles. The summed E-state index contributed by atoms with van der Waals surface area (Å²) in [5.74, 6) is -1.99. The van der Waals surface area contributed by atoms with E-state index in [9.17, 15) is 9.59 Å². The van der Waals surface area contributed by atoms with Crippen LogP contribution in [0.1, 0.15) is 5.56 Å². The van der Waals surface area contributed by atoms with Gasteiger partial charge in [-0.3, -0.25) is 4.98 Å². The van der Waals surface area contributed by atoms with Crippen LogP contribution in [0.3, 0.4) is 0 Å². The van der Waals surface area contributed by atoms with Crippen molar-refractivity contribution in [2.45, 2.75) is 0 Å². The van der Waals surface area contributed by atoms with E-state index < -0.39 is 11.9 Å². The van der Waals surface area contributed by atoms with Crippen molar-refractivity contribution < 1.29 is 19.1 Å². The van der Waals surface area contributed by atoms with Gasteiger partial charge in [0, 0.05) is 18.0 Å². The Labute approximate surface area is 90.8 Å². The number of carbonyl (C=O) groups excluding carboxylic acids is 2. The first-order chi connectivity index (χ1) is 7.65. The summed E-state index contributed by atoms with van der Waals surface area (Å²) < 4.78 is 4.29. The Bertz CT molecular complexity index is 475. The Morgan fingerprint density at radius 2 is 2.31 bits per heavy atom. The fourth-order valence-electron chi connectivity index (χ4n) is 0.886. The van der Waals surface area contributed by atoms with Crippen LogP contribution in [0.4, 0.5) is 0 Å². The molecule has 1 rings (SSSR count). The molecule has 0 bridgehead atoms. The molecule has 0 unspecified atom stereocenters. The van der Waals surface area contributed by atoms with Gasteiger partial charge in [0.2, 0.25) is 0 Å². The summed E-state index contributed by atoms with van der Waals surface area (Å²) in [7, 11) is 0. The predicted molar refractivity (Wildman–Crippen MR) is 54.1 cm³/mol. The number of hydrogen-bond acceptors (Lipinski definition) is 4. The minimum Gasteiger partial charge on any atom is -0.381 e. The molecule has 0 aliphatic rings. The molecule has 0 aliphatic carbocycles. The lowest BCUT2D eigenvalue weighted by Gasteiger charge is -2.01. The van der Waals surface area contributed by atoms with Gasteiger partial charge in [-0.1, -0.05) is 12.6 Å². The molecule has 0 radical (unpaired) electrons. The summed E-state index contributed by atoms with van der Waals surface area (Å²) in [6, 6.07) is 3.21. The third kappa shape index (κ3) is 2.97. The molecule has 1 aromatic rings. The van der Waals surface area contributed by atoms with E-state index in [1.54, 1.807) is 12.1 Å². The average Bonchev–Trinajstić information content (AvgIpc) is 2.29. The van der Waals surface area contributed by atoms with Gasteiger partial charge < -0.3 is 10.3 Å². The van der Waals surface area contributed by atoms with E-state index in [1.165, 1.54) is 12.4 Å². The number of rotatable bonds is 3. The Morgan fingerprint density at radius 3 is 2.88 bits per heavy atom. The molecule has 0 N–H and O–H groups in total. The largest absolute Gasteiger partial charge is 0.421 e. The number of pyridine rings is 1. The average molecular weight is 217 g/mol. The zero-order valence-corrected chi connectivity index (χ0v) is 8.16. The number of ether oxygens (including phenoxy) is 1. The van der Waals surface area contributed by atoms with Crippen LogP contribution in [0.5, 0.6) is 0 Å². The van der Waals surface area contributed by atoms with Gasteiger partial charge in [0.25, 0.3) is 0 Å². The number of esters is 2. The molecule has 0 fully saturated rings. The predicted octanol–water partition coefficient (Wildman–Crippen LogP) is 0.465. The van der Waals surface area contributed by atoms with Crippen LogP contribution in [0.15, 0.2) is 31.1 Å². The SMILES string of the molecule is C=C(C(=O)OC(=O)C=[N+]=[N-])c1cccnc1. The lowest BCUT2D eigenvalue weighted by Crippen LogP contribution is -2.14. The quantitative estimate of drug-likeness (QED) is 0.184. The molecule has 0 atom stereocenters. The Balaban J connectivity index is 2.73. The molecule has 16 heavy (non-hydrogen) atoms. The van der Waals surface area contributed by atoms with E-state index in [0.29, 0.717) is 11.8 Å². The van der Waals surface area contributed by atoms with Crippen molar-refractivity contribution in [3.63, 3.8) is 0 Å². The highest BCUT2D eigenvalue weighted by atomic mass is 16.6. The van der Waals surface area contributed by atoms with Gasteiger partial charge in [-0.2, -0.15) is 4.79 Å². The molecular weight excluding hydrogens is 210 g/mol. The maximum atomic E-state index is 11.3. The van der Waals surface area contributed by atoms with Gasteiger partial charge in [0.05, 0.1) is 5.57 Å². The first-order valence-corrected chi connectivity index (χ1v) is 4.18. The van der Waals surface area contributed by atoms with E-state index in [2.05, 4.69) is 21.1 Å². The normalized spacial score (nSPS) is 8.75. The molecular formula is C10H7N3O3. The van der Waals surface area contributed by atoms with Crippen LogP contribution in [0.2, 0.25) is 0 Å². The van der Waals surface area contributed by atoms with Crippen molar-refractivity contribution in [1.29, 1.82) is 0 Å². The molecule has 1 aromatic heterocycles. The Kier molecular flexibility index (Phi) is 3.83. The second-order valence-electron chi connectivity index (χ2n) is 2.67. The maximum absolute atomic E-state index is 11.3. The van der Waals surface area contributed by atoms with Crippen molar-refractivity contribution in [3.8, 4) is 0 Å². The van der Waals surface area contributed by atoms with E-state index in [1.807, 2.05) is 0 Å². The lowest BCUT2D eigenvalue weighted by molar-refractivity contribution is -0.152. The lowest BCUT2D eigenvalue weighted by atomic mass is 10.1. The van der Waals surface area contributed by atoms with Crippen LogP contribution in [0.25, 0.3) is 11.1 Å². The molecule has 0 saturated carbocycles. The number of aromatic nitrogens is 1. The Morgan fingerprint density at radius 1 is 1.56 bits per heavy atom. The van der Waals surface area contributed by atoms with Gasteiger partial charge in [0.15, 0.2) is 0 Å². The van der Waals surface area contributed by atoms with Crippen molar-refractivity contribution in [1.82, 2.24) is 4.98 Å². The van der Waals surface area contributed by atoms with Crippen LogP contribution in [-0.2, 0) is 14.3 Å². The van der Waals surface area contributed by atoms with Crippen molar-refractivity contribution in [2.75, 3.05) is 0 Å². The summed E-state index contributed by atoms with van der Waals surface area (Å²) in [6.07, 6.45) is 3.41. The topological polar surface area (TPSA) is 92.7 Å². The van der Waals surface area contributed by atoms with E-state index in [0.717, 1.165) is 0 Å². The smallest absolute Gasteiger partial charge is 0.381 e. The van der Waals surface area contributed by atoms with Crippen LogP contribution in [-0.4, -0.2) is 27.9 Å². The van der Waals surface area contributed by atoms with Crippen LogP contribution >= 0.6 is 0 Å². The fraction of sp³-hybridized carbons (Fsp3) is 0. The molecule has 0 aromatic carbocycles. The van der Waals surface area contributed by atoms with Crippen LogP contribution in [0, 0.1) is 0 Å². The number of nitrogens with zero attached hydrogens (tertiary/aromatic N) is 3. The number of hydrogen-bond donors (Lipinski definition) is 0. The summed E-state index contributed by atoms with van der Waals surface area (Å²) in [5, 5.41) is 0. The second-order valence-corrected chi connectivity index (χ2v) is 2.67. The maximum Gasteiger partial charge on any atom is 0.421 e. The van der Waals surface area contributed by atoms with Crippen molar-refractivity contribution in [3.05, 3.63) is 42.2 Å². The zero-order valence-electron chi connectivity index (χ0n) is 8.16. The minimum absolute atomic E-state index is 0.00668. The minimum atomic E-state index is -1.07. The highest BCUT2D eigenvalue weighted by molar-refractivity contribution is 6.28. The second kappa shape index (κ2) is 5.33. The zero-order chi connectivity index (χ0) is 12.0.